The van der Waals surface area contributed by atoms with Crippen molar-refractivity contribution in [3.05, 3.63) is 12.2 Å². The Morgan fingerprint density at radius 3 is 2.38 bits per heavy atom. The molecule has 0 bridgehead atoms. The van der Waals surface area contributed by atoms with Crippen LogP contribution in [0.1, 0.15) is 0 Å². The van der Waals surface area contributed by atoms with Crippen LogP contribution >= 0.6 is 0 Å². The van der Waals surface area contributed by atoms with E-state index in [0.717, 1.165) is 0 Å². The number of halogens is 2. The van der Waals surface area contributed by atoms with E-state index in [-0.39, 0.29) is 0 Å². The van der Waals surface area contributed by atoms with Crippen LogP contribution in [0.25, 0.3) is 0 Å². The van der Waals surface area contributed by atoms with E-state index in [1.165, 1.54) is 0 Å². The lowest BCUT2D eigenvalue weighted by molar-refractivity contribution is 0.420. The van der Waals surface area contributed by atoms with Gasteiger partial charge in [-0.3, -0.25) is 0 Å². The second kappa shape index (κ2) is 3.68. The third-order valence-electron chi connectivity index (χ3n) is 0.380. The SMILES string of the molecule is O=S(O)CC=C(F)F. The average molecular weight is 142 g/mol. The molecular weight excluding hydrogens is 138 g/mol. The highest BCUT2D eigenvalue weighted by Crippen LogP contribution is 1.95. The Morgan fingerprint density at radius 2 is 2.25 bits per heavy atom. The Balaban J connectivity index is 3.45. The molecule has 0 spiro atoms. The molecule has 0 aromatic carbocycles. The maximum absolute atomic E-state index is 11.0. The van der Waals surface area contributed by atoms with Gasteiger partial charge in [0.1, 0.15) is 0 Å². The minimum atomic E-state index is -2.14. The molecule has 0 aliphatic rings. The standard InChI is InChI=1S/C3H4F2O2S/c4-3(5)1-2-8(6)7/h1H,2H2,(H,6,7). The maximum atomic E-state index is 11.0. The normalized spacial score (nSPS) is 12.9. The summed E-state index contributed by atoms with van der Waals surface area (Å²) in [4.78, 5) is 0. The topological polar surface area (TPSA) is 37.3 Å². The van der Waals surface area contributed by atoms with E-state index in [0.29, 0.717) is 6.08 Å². The van der Waals surface area contributed by atoms with Gasteiger partial charge in [0.15, 0.2) is 11.1 Å². The van der Waals surface area contributed by atoms with Crippen molar-refractivity contribution in [1.29, 1.82) is 0 Å². The zero-order valence-electron chi connectivity index (χ0n) is 3.80. The van der Waals surface area contributed by atoms with E-state index in [1.54, 1.807) is 0 Å². The van der Waals surface area contributed by atoms with Crippen molar-refractivity contribution in [3.8, 4) is 0 Å². The van der Waals surface area contributed by atoms with Crippen LogP contribution in [-0.4, -0.2) is 14.5 Å². The van der Waals surface area contributed by atoms with Crippen molar-refractivity contribution in [2.24, 2.45) is 0 Å². The third-order valence-corrected chi connectivity index (χ3v) is 0.832. The molecule has 0 aromatic rings. The summed E-state index contributed by atoms with van der Waals surface area (Å²) < 4.78 is 39.6. The lowest BCUT2D eigenvalue weighted by Crippen LogP contribution is -1.89. The average Bonchev–Trinajstić information content (AvgIpc) is 1.61. The Hall–Kier alpha value is -0.290. The van der Waals surface area contributed by atoms with E-state index >= 15 is 0 Å². The smallest absolute Gasteiger partial charge is 0.267 e. The molecule has 48 valence electrons. The molecule has 2 nitrogen and oxygen atoms in total. The molecule has 5 heteroatoms. The molecular formula is C3H4F2O2S. The minimum Gasteiger partial charge on any atom is -0.306 e. The largest absolute Gasteiger partial charge is 0.306 e. The van der Waals surface area contributed by atoms with Crippen molar-refractivity contribution in [2.75, 3.05) is 5.75 Å². The first-order valence-corrected chi connectivity index (χ1v) is 2.99. The second-order valence-electron chi connectivity index (χ2n) is 0.982. The van der Waals surface area contributed by atoms with Gasteiger partial charge in [-0.05, 0) is 6.08 Å². The quantitative estimate of drug-likeness (QED) is 0.584. The predicted molar refractivity (Wildman–Crippen MR) is 25.9 cm³/mol. The van der Waals surface area contributed by atoms with Crippen LogP contribution in [-0.2, 0) is 11.1 Å². The molecule has 1 unspecified atom stereocenters. The van der Waals surface area contributed by atoms with E-state index in [2.05, 4.69) is 0 Å². The lowest BCUT2D eigenvalue weighted by Gasteiger charge is -1.80. The summed E-state index contributed by atoms with van der Waals surface area (Å²) in [5.41, 5.74) is 0. The first-order chi connectivity index (χ1) is 3.63. The molecule has 0 heterocycles. The second-order valence-corrected chi connectivity index (χ2v) is 1.96. The van der Waals surface area contributed by atoms with E-state index < -0.39 is 22.9 Å². The summed E-state index contributed by atoms with van der Waals surface area (Å²) in [7, 11) is 0. The summed E-state index contributed by atoms with van der Waals surface area (Å²) in [6.45, 7) is 0. The van der Waals surface area contributed by atoms with Gasteiger partial charge in [0.25, 0.3) is 6.08 Å². The molecule has 1 N–H and O–H groups in total. The molecule has 0 saturated carbocycles. The Bertz CT molecular complexity index is 118. The number of hydrogen-bond acceptors (Lipinski definition) is 1. The Labute approximate surface area is 47.5 Å². The molecule has 0 rings (SSSR count). The summed E-state index contributed by atoms with van der Waals surface area (Å²) >= 11 is -2.14. The monoisotopic (exact) mass is 142 g/mol. The van der Waals surface area contributed by atoms with Gasteiger partial charge in [-0.25, -0.2) is 4.21 Å². The first kappa shape index (κ1) is 7.71. The van der Waals surface area contributed by atoms with Gasteiger partial charge in [-0.2, -0.15) is 8.78 Å². The Morgan fingerprint density at radius 1 is 1.75 bits per heavy atom. The van der Waals surface area contributed by atoms with Gasteiger partial charge in [0, 0.05) is 0 Å². The number of hydrogen-bond donors (Lipinski definition) is 1. The molecule has 0 aliphatic carbocycles. The summed E-state index contributed by atoms with van der Waals surface area (Å²) in [5, 5.41) is 0. The van der Waals surface area contributed by atoms with Crippen molar-refractivity contribution >= 4 is 11.1 Å². The highest BCUT2D eigenvalue weighted by atomic mass is 32.2. The zero-order valence-corrected chi connectivity index (χ0v) is 4.62. The van der Waals surface area contributed by atoms with E-state index in [4.69, 9.17) is 4.55 Å². The molecule has 8 heavy (non-hydrogen) atoms. The molecule has 0 saturated heterocycles. The highest BCUT2D eigenvalue weighted by Gasteiger charge is 1.90. The van der Waals surface area contributed by atoms with Crippen molar-refractivity contribution in [1.82, 2.24) is 0 Å². The molecule has 0 radical (unpaired) electrons. The van der Waals surface area contributed by atoms with Crippen molar-refractivity contribution < 1.29 is 17.5 Å². The number of rotatable bonds is 2. The van der Waals surface area contributed by atoms with Crippen LogP contribution in [0.5, 0.6) is 0 Å². The lowest BCUT2D eigenvalue weighted by atomic mass is 10.7. The zero-order chi connectivity index (χ0) is 6.57. The minimum absolute atomic E-state index is 0.399. The van der Waals surface area contributed by atoms with Gasteiger partial charge in [-0.15, -0.1) is 0 Å². The fourth-order valence-corrected chi connectivity index (χ4v) is 0.403. The van der Waals surface area contributed by atoms with E-state index in [9.17, 15) is 13.0 Å². The summed E-state index contributed by atoms with van der Waals surface area (Å²) in [5.74, 6) is -0.498. The van der Waals surface area contributed by atoms with Gasteiger partial charge in [0.05, 0.1) is 5.75 Å². The molecule has 0 amide bonds. The van der Waals surface area contributed by atoms with Crippen LogP contribution in [0.15, 0.2) is 12.2 Å². The molecule has 1 atom stereocenters. The van der Waals surface area contributed by atoms with Crippen LogP contribution in [0, 0.1) is 0 Å². The predicted octanol–water partition coefficient (Wildman–Crippen LogP) is 0.989. The van der Waals surface area contributed by atoms with Crippen LogP contribution in [0.4, 0.5) is 8.78 Å². The molecule has 0 fully saturated rings. The maximum Gasteiger partial charge on any atom is 0.267 e. The van der Waals surface area contributed by atoms with Crippen LogP contribution in [0.3, 0.4) is 0 Å². The van der Waals surface area contributed by atoms with E-state index in [1.807, 2.05) is 0 Å². The molecule has 0 aromatic heterocycles. The van der Waals surface area contributed by atoms with Crippen LogP contribution < -0.4 is 0 Å². The fourth-order valence-electron chi connectivity index (χ4n) is 0.134. The summed E-state index contributed by atoms with van der Waals surface area (Å²) in [6, 6.07) is 0. The molecule has 0 aliphatic heterocycles. The van der Waals surface area contributed by atoms with Gasteiger partial charge in [-0.1, -0.05) is 0 Å². The van der Waals surface area contributed by atoms with Gasteiger partial charge in [0.2, 0.25) is 0 Å². The van der Waals surface area contributed by atoms with Crippen molar-refractivity contribution in [3.63, 3.8) is 0 Å². The summed E-state index contributed by atoms with van der Waals surface area (Å²) in [6.07, 6.45) is -1.52. The van der Waals surface area contributed by atoms with Gasteiger partial charge < -0.3 is 4.55 Å². The Kier molecular flexibility index (Phi) is 3.55. The van der Waals surface area contributed by atoms with Gasteiger partial charge >= 0.3 is 0 Å². The fraction of sp³-hybridized carbons (Fsp3) is 0.333. The first-order valence-electron chi connectivity index (χ1n) is 1.71. The highest BCUT2D eigenvalue weighted by molar-refractivity contribution is 7.79. The van der Waals surface area contributed by atoms with Crippen LogP contribution in [0.2, 0.25) is 0 Å². The third kappa shape index (κ3) is 5.71. The van der Waals surface area contributed by atoms with Crippen molar-refractivity contribution in [2.45, 2.75) is 0 Å².